The van der Waals surface area contributed by atoms with E-state index in [1.54, 1.807) is 0 Å². The number of likely N-dealkylation sites (tertiary alicyclic amines) is 1. The fourth-order valence-electron chi connectivity index (χ4n) is 3.38. The van der Waals surface area contributed by atoms with Crippen LogP contribution in [0, 0.1) is 0 Å². The third-order valence-corrected chi connectivity index (χ3v) is 5.13. The fourth-order valence-corrected chi connectivity index (χ4v) is 3.38. The van der Waals surface area contributed by atoms with Crippen molar-refractivity contribution in [2.24, 2.45) is 0 Å². The smallest absolute Gasteiger partial charge is 0.221 e. The van der Waals surface area contributed by atoms with E-state index in [4.69, 9.17) is 4.74 Å². The number of ether oxygens (including phenoxy) is 1. The van der Waals surface area contributed by atoms with Crippen molar-refractivity contribution in [2.45, 2.75) is 18.9 Å². The number of aromatic nitrogens is 1. The molecule has 0 aliphatic carbocycles. The van der Waals surface area contributed by atoms with Crippen LogP contribution in [0.5, 0.6) is 5.88 Å². The summed E-state index contributed by atoms with van der Waals surface area (Å²) in [7, 11) is 8.51. The third-order valence-electron chi connectivity index (χ3n) is 5.13. The SMILES string of the molecule is CN(C)CCOc1nccc2ccc(N(C)C3CCN(C)CC3)cc12. The van der Waals surface area contributed by atoms with Crippen molar-refractivity contribution in [3.8, 4) is 5.88 Å². The van der Waals surface area contributed by atoms with Crippen LogP contribution in [0.2, 0.25) is 0 Å². The zero-order valence-corrected chi connectivity index (χ0v) is 15.9. The third kappa shape index (κ3) is 4.41. The molecule has 0 unspecified atom stereocenters. The van der Waals surface area contributed by atoms with Gasteiger partial charge in [0.15, 0.2) is 0 Å². The van der Waals surface area contributed by atoms with Gasteiger partial charge in [-0.1, -0.05) is 6.07 Å². The summed E-state index contributed by atoms with van der Waals surface area (Å²) in [5, 5.41) is 2.27. The molecule has 0 bridgehead atoms. The van der Waals surface area contributed by atoms with Gasteiger partial charge in [-0.25, -0.2) is 4.98 Å². The lowest BCUT2D eigenvalue weighted by Gasteiger charge is -2.36. The zero-order valence-electron chi connectivity index (χ0n) is 15.9. The molecule has 1 fully saturated rings. The van der Waals surface area contributed by atoms with Gasteiger partial charge in [-0.05, 0) is 70.7 Å². The number of likely N-dealkylation sites (N-methyl/N-ethyl adjacent to an activating group) is 1. The molecule has 0 atom stereocenters. The maximum Gasteiger partial charge on any atom is 0.221 e. The van der Waals surface area contributed by atoms with Gasteiger partial charge in [-0.2, -0.15) is 0 Å². The van der Waals surface area contributed by atoms with Crippen LogP contribution in [0.4, 0.5) is 5.69 Å². The van der Waals surface area contributed by atoms with Crippen molar-refractivity contribution in [3.05, 3.63) is 30.5 Å². The first-order valence-electron chi connectivity index (χ1n) is 9.12. The predicted octanol–water partition coefficient (Wildman–Crippen LogP) is 2.71. The highest BCUT2D eigenvalue weighted by Crippen LogP contribution is 2.29. The number of fused-ring (bicyclic) bond motifs is 1. The van der Waals surface area contributed by atoms with Crippen molar-refractivity contribution in [3.63, 3.8) is 0 Å². The average molecular weight is 342 g/mol. The van der Waals surface area contributed by atoms with Gasteiger partial charge in [0, 0.05) is 36.9 Å². The highest BCUT2D eigenvalue weighted by Gasteiger charge is 2.21. The van der Waals surface area contributed by atoms with E-state index in [0.717, 1.165) is 17.8 Å². The van der Waals surface area contributed by atoms with Crippen molar-refractivity contribution < 1.29 is 4.74 Å². The number of benzene rings is 1. The van der Waals surface area contributed by atoms with Crippen LogP contribution in [0.3, 0.4) is 0 Å². The van der Waals surface area contributed by atoms with E-state index in [1.165, 1.54) is 37.0 Å². The van der Waals surface area contributed by atoms with Gasteiger partial charge >= 0.3 is 0 Å². The van der Waals surface area contributed by atoms with E-state index < -0.39 is 0 Å². The predicted molar refractivity (Wildman–Crippen MR) is 105 cm³/mol. The first-order valence-corrected chi connectivity index (χ1v) is 9.12. The number of rotatable bonds is 6. The van der Waals surface area contributed by atoms with Gasteiger partial charge in [0.2, 0.25) is 5.88 Å². The van der Waals surface area contributed by atoms with Gasteiger partial charge in [-0.15, -0.1) is 0 Å². The second-order valence-corrected chi connectivity index (χ2v) is 7.32. The summed E-state index contributed by atoms with van der Waals surface area (Å²) in [5.74, 6) is 0.734. The van der Waals surface area contributed by atoms with Gasteiger partial charge in [-0.3, -0.25) is 0 Å². The normalized spacial score (nSPS) is 16.5. The molecule has 5 heteroatoms. The molecule has 0 N–H and O–H groups in total. The Morgan fingerprint density at radius 1 is 1.16 bits per heavy atom. The lowest BCUT2D eigenvalue weighted by Crippen LogP contribution is -2.41. The first kappa shape index (κ1) is 18.0. The summed E-state index contributed by atoms with van der Waals surface area (Å²) in [5.41, 5.74) is 1.24. The summed E-state index contributed by atoms with van der Waals surface area (Å²) in [4.78, 5) is 11.4. The fraction of sp³-hybridized carbons (Fsp3) is 0.550. The molecule has 1 aromatic carbocycles. The molecule has 0 amide bonds. The summed E-state index contributed by atoms with van der Waals surface area (Å²) < 4.78 is 5.95. The minimum Gasteiger partial charge on any atom is -0.476 e. The lowest BCUT2D eigenvalue weighted by atomic mass is 10.0. The van der Waals surface area contributed by atoms with Crippen LogP contribution in [0.25, 0.3) is 10.8 Å². The van der Waals surface area contributed by atoms with Crippen molar-refractivity contribution in [1.82, 2.24) is 14.8 Å². The zero-order chi connectivity index (χ0) is 17.8. The topological polar surface area (TPSA) is 31.8 Å². The quantitative estimate of drug-likeness (QED) is 0.806. The summed E-state index contributed by atoms with van der Waals surface area (Å²) >= 11 is 0. The lowest BCUT2D eigenvalue weighted by molar-refractivity contribution is 0.253. The van der Waals surface area contributed by atoms with Crippen LogP contribution in [0.1, 0.15) is 12.8 Å². The van der Waals surface area contributed by atoms with Crippen molar-refractivity contribution in [2.75, 3.05) is 59.3 Å². The van der Waals surface area contributed by atoms with Crippen molar-refractivity contribution >= 4 is 16.5 Å². The standard InChI is InChI=1S/C20H30N4O/c1-22(2)13-14-25-20-19-15-18(6-5-16(19)7-10-21-20)24(4)17-8-11-23(3)12-9-17/h5-7,10,15,17H,8-9,11-14H2,1-4H3. The Morgan fingerprint density at radius 2 is 1.92 bits per heavy atom. The van der Waals surface area contributed by atoms with Gasteiger partial charge in [0.25, 0.3) is 0 Å². The number of piperidine rings is 1. The molecule has 1 aliphatic heterocycles. The van der Waals surface area contributed by atoms with E-state index in [9.17, 15) is 0 Å². The summed E-state index contributed by atoms with van der Waals surface area (Å²) in [6, 6.07) is 9.27. The Bertz CT molecular complexity index is 695. The molecule has 0 spiro atoms. The van der Waals surface area contributed by atoms with E-state index in [-0.39, 0.29) is 0 Å². The monoisotopic (exact) mass is 342 g/mol. The van der Waals surface area contributed by atoms with Crippen LogP contribution in [0.15, 0.2) is 30.5 Å². The number of nitrogens with zero attached hydrogens (tertiary/aromatic N) is 4. The summed E-state index contributed by atoms with van der Waals surface area (Å²) in [6.45, 7) is 3.87. The molecule has 0 saturated carbocycles. The Kier molecular flexibility index (Phi) is 5.76. The molecule has 136 valence electrons. The molecule has 1 aliphatic rings. The number of anilines is 1. The highest BCUT2D eigenvalue weighted by molar-refractivity contribution is 5.89. The van der Waals surface area contributed by atoms with Crippen LogP contribution >= 0.6 is 0 Å². The number of pyridine rings is 1. The second kappa shape index (κ2) is 8.02. The molecule has 5 nitrogen and oxygen atoms in total. The van der Waals surface area contributed by atoms with E-state index in [0.29, 0.717) is 12.6 Å². The largest absolute Gasteiger partial charge is 0.476 e. The number of hydrogen-bond acceptors (Lipinski definition) is 5. The minimum absolute atomic E-state index is 0.600. The molecule has 25 heavy (non-hydrogen) atoms. The van der Waals surface area contributed by atoms with E-state index >= 15 is 0 Å². The van der Waals surface area contributed by atoms with Crippen LogP contribution in [-0.2, 0) is 0 Å². The van der Waals surface area contributed by atoms with E-state index in [2.05, 4.69) is 66.1 Å². The van der Waals surface area contributed by atoms with Gasteiger partial charge < -0.3 is 19.4 Å². The molecule has 2 heterocycles. The Balaban J connectivity index is 1.80. The van der Waals surface area contributed by atoms with E-state index in [1.807, 2.05) is 12.3 Å². The number of hydrogen-bond donors (Lipinski definition) is 0. The summed E-state index contributed by atoms with van der Waals surface area (Å²) in [6.07, 6.45) is 4.25. The Hall–Kier alpha value is -1.85. The second-order valence-electron chi connectivity index (χ2n) is 7.32. The Labute approximate surface area is 151 Å². The molecule has 1 aromatic heterocycles. The molecule has 0 radical (unpaired) electrons. The maximum atomic E-state index is 5.95. The van der Waals surface area contributed by atoms with Crippen LogP contribution in [-0.4, -0.2) is 75.3 Å². The molecule has 2 aromatic rings. The van der Waals surface area contributed by atoms with Gasteiger partial charge in [0.1, 0.15) is 6.61 Å². The molecule has 3 rings (SSSR count). The highest BCUT2D eigenvalue weighted by atomic mass is 16.5. The van der Waals surface area contributed by atoms with Crippen LogP contribution < -0.4 is 9.64 Å². The molecule has 1 saturated heterocycles. The molecular formula is C20H30N4O. The van der Waals surface area contributed by atoms with Gasteiger partial charge in [0.05, 0.1) is 0 Å². The Morgan fingerprint density at radius 3 is 2.64 bits per heavy atom. The average Bonchev–Trinajstić information content (AvgIpc) is 2.61. The minimum atomic E-state index is 0.600. The van der Waals surface area contributed by atoms with Crippen molar-refractivity contribution in [1.29, 1.82) is 0 Å². The maximum absolute atomic E-state index is 5.95. The first-order chi connectivity index (χ1) is 12.0. The molecular weight excluding hydrogens is 312 g/mol.